The molecule has 2 unspecified atom stereocenters. The first-order valence-corrected chi connectivity index (χ1v) is 7.08. The van der Waals surface area contributed by atoms with Crippen molar-refractivity contribution in [2.24, 2.45) is 11.8 Å². The highest BCUT2D eigenvalue weighted by Crippen LogP contribution is 2.33. The summed E-state index contributed by atoms with van der Waals surface area (Å²) in [5.74, 6) is 6.10. The summed E-state index contributed by atoms with van der Waals surface area (Å²) in [6.45, 7) is 1.92. The molecule has 2 atom stereocenters. The van der Waals surface area contributed by atoms with Gasteiger partial charge in [0.2, 0.25) is 0 Å². The lowest BCUT2D eigenvalue weighted by Gasteiger charge is -2.25. The van der Waals surface area contributed by atoms with E-state index < -0.39 is 12.4 Å². The Morgan fingerprint density at radius 3 is 2.53 bits per heavy atom. The van der Waals surface area contributed by atoms with Crippen molar-refractivity contribution in [3.8, 4) is 5.75 Å². The SMILES string of the molecule is CSCC(C)C(NN)c1ccccc1OC(F)(F)F. The molecular formula is C12H17F3N2OS. The number of hydrogen-bond donors (Lipinski definition) is 2. The van der Waals surface area contributed by atoms with Crippen molar-refractivity contribution in [1.82, 2.24) is 5.43 Å². The van der Waals surface area contributed by atoms with Crippen molar-refractivity contribution in [2.75, 3.05) is 12.0 Å². The molecule has 0 heterocycles. The summed E-state index contributed by atoms with van der Waals surface area (Å²) >= 11 is 1.61. The molecule has 3 N–H and O–H groups in total. The minimum Gasteiger partial charge on any atom is -0.405 e. The highest BCUT2D eigenvalue weighted by atomic mass is 32.2. The van der Waals surface area contributed by atoms with Crippen LogP contribution in [0.4, 0.5) is 13.2 Å². The summed E-state index contributed by atoms with van der Waals surface area (Å²) < 4.78 is 41.1. The highest BCUT2D eigenvalue weighted by Gasteiger charge is 2.33. The first kappa shape index (κ1) is 16.1. The second-order valence-corrected chi connectivity index (χ2v) is 5.07. The van der Waals surface area contributed by atoms with Crippen LogP contribution in [0.25, 0.3) is 0 Å². The van der Waals surface area contributed by atoms with Gasteiger partial charge in [-0.05, 0) is 24.0 Å². The zero-order valence-electron chi connectivity index (χ0n) is 10.7. The molecule has 0 saturated carbocycles. The van der Waals surface area contributed by atoms with Crippen molar-refractivity contribution in [2.45, 2.75) is 19.3 Å². The largest absolute Gasteiger partial charge is 0.573 e. The van der Waals surface area contributed by atoms with E-state index in [1.165, 1.54) is 12.1 Å². The first-order chi connectivity index (χ1) is 8.89. The molecule has 0 aliphatic heterocycles. The van der Waals surface area contributed by atoms with Crippen LogP contribution in [0, 0.1) is 5.92 Å². The van der Waals surface area contributed by atoms with Crippen LogP contribution in [0.1, 0.15) is 18.5 Å². The average Bonchev–Trinajstić information content (AvgIpc) is 2.30. The maximum absolute atomic E-state index is 12.4. The predicted molar refractivity (Wildman–Crippen MR) is 70.7 cm³/mol. The standard InChI is InChI=1S/C12H17F3N2OS/c1-8(7-19-2)11(17-16)9-5-3-4-6-10(9)18-12(13,14)15/h3-6,8,11,17H,7,16H2,1-2H3. The Labute approximate surface area is 114 Å². The van der Waals surface area contributed by atoms with Crippen molar-refractivity contribution in [3.63, 3.8) is 0 Å². The minimum atomic E-state index is -4.71. The van der Waals surface area contributed by atoms with E-state index in [0.717, 1.165) is 5.75 Å². The predicted octanol–water partition coefficient (Wildman–Crippen LogP) is 3.09. The Kier molecular flexibility index (Phi) is 5.96. The van der Waals surface area contributed by atoms with Crippen LogP contribution in [0.2, 0.25) is 0 Å². The Balaban J connectivity index is 3.03. The Hall–Kier alpha value is -0.920. The number of thioether (sulfide) groups is 1. The maximum Gasteiger partial charge on any atom is 0.573 e. The molecule has 1 aromatic carbocycles. The van der Waals surface area contributed by atoms with Gasteiger partial charge in [0.15, 0.2) is 0 Å². The number of alkyl halides is 3. The maximum atomic E-state index is 12.4. The number of benzene rings is 1. The smallest absolute Gasteiger partial charge is 0.405 e. The third-order valence-corrected chi connectivity index (χ3v) is 3.52. The third kappa shape index (κ3) is 4.93. The van der Waals surface area contributed by atoms with Gasteiger partial charge in [0, 0.05) is 5.56 Å². The van der Waals surface area contributed by atoms with E-state index in [4.69, 9.17) is 5.84 Å². The topological polar surface area (TPSA) is 47.3 Å². The molecule has 0 saturated heterocycles. The van der Waals surface area contributed by atoms with Crippen molar-refractivity contribution < 1.29 is 17.9 Å². The lowest BCUT2D eigenvalue weighted by Crippen LogP contribution is -2.34. The Morgan fingerprint density at radius 2 is 2.00 bits per heavy atom. The van der Waals surface area contributed by atoms with Gasteiger partial charge in [0.25, 0.3) is 0 Å². The van der Waals surface area contributed by atoms with Crippen LogP contribution in [0.3, 0.4) is 0 Å². The van der Waals surface area contributed by atoms with Crippen LogP contribution < -0.4 is 16.0 Å². The van der Waals surface area contributed by atoms with Crippen LogP contribution in [-0.2, 0) is 0 Å². The number of halogens is 3. The fraction of sp³-hybridized carbons (Fsp3) is 0.500. The van der Waals surface area contributed by atoms with Crippen LogP contribution >= 0.6 is 11.8 Å². The molecule has 3 nitrogen and oxygen atoms in total. The van der Waals surface area contributed by atoms with E-state index >= 15 is 0 Å². The number of para-hydroxylation sites is 1. The summed E-state index contributed by atoms with van der Waals surface area (Å²) in [4.78, 5) is 0. The lowest BCUT2D eigenvalue weighted by atomic mass is 9.96. The molecule has 0 aromatic heterocycles. The quantitative estimate of drug-likeness (QED) is 0.625. The number of nitrogens with two attached hydrogens (primary N) is 1. The molecule has 108 valence electrons. The van der Waals surface area contributed by atoms with Crippen LogP contribution in [0.15, 0.2) is 24.3 Å². The first-order valence-electron chi connectivity index (χ1n) is 5.68. The van der Waals surface area contributed by atoms with E-state index in [1.54, 1.807) is 23.9 Å². The van der Waals surface area contributed by atoms with E-state index in [-0.39, 0.29) is 11.7 Å². The molecule has 1 rings (SSSR count). The molecule has 0 bridgehead atoms. The molecular weight excluding hydrogens is 277 g/mol. The fourth-order valence-electron chi connectivity index (χ4n) is 1.87. The van der Waals surface area contributed by atoms with Gasteiger partial charge in [0.1, 0.15) is 5.75 Å². The summed E-state index contributed by atoms with van der Waals surface area (Å²) in [5, 5.41) is 0. The molecule has 0 spiro atoms. The van der Waals surface area contributed by atoms with E-state index in [0.29, 0.717) is 5.56 Å². The van der Waals surface area contributed by atoms with Gasteiger partial charge in [-0.3, -0.25) is 11.3 Å². The summed E-state index contributed by atoms with van der Waals surface area (Å²) in [7, 11) is 0. The molecule has 0 aliphatic rings. The molecule has 1 aromatic rings. The summed E-state index contributed by atoms with van der Waals surface area (Å²) in [5.41, 5.74) is 2.97. The van der Waals surface area contributed by atoms with Gasteiger partial charge in [-0.1, -0.05) is 25.1 Å². The zero-order chi connectivity index (χ0) is 14.5. The number of ether oxygens (including phenoxy) is 1. The summed E-state index contributed by atoms with van der Waals surface area (Å²) in [6, 6.07) is 5.64. The summed E-state index contributed by atoms with van der Waals surface area (Å²) in [6.07, 6.45) is -2.78. The number of rotatable bonds is 6. The lowest BCUT2D eigenvalue weighted by molar-refractivity contribution is -0.275. The van der Waals surface area contributed by atoms with Gasteiger partial charge in [-0.25, -0.2) is 0 Å². The molecule has 19 heavy (non-hydrogen) atoms. The Morgan fingerprint density at radius 1 is 1.37 bits per heavy atom. The van der Waals surface area contributed by atoms with Gasteiger partial charge in [0.05, 0.1) is 6.04 Å². The monoisotopic (exact) mass is 294 g/mol. The number of hydrazine groups is 1. The third-order valence-electron chi connectivity index (χ3n) is 2.66. The van der Waals surface area contributed by atoms with Gasteiger partial charge in [-0.2, -0.15) is 11.8 Å². The second-order valence-electron chi connectivity index (χ2n) is 4.16. The van der Waals surface area contributed by atoms with Crippen molar-refractivity contribution >= 4 is 11.8 Å². The fourth-order valence-corrected chi connectivity index (χ4v) is 2.59. The van der Waals surface area contributed by atoms with Gasteiger partial charge in [-0.15, -0.1) is 13.2 Å². The average molecular weight is 294 g/mol. The van der Waals surface area contributed by atoms with Crippen LogP contribution in [-0.4, -0.2) is 18.4 Å². The highest BCUT2D eigenvalue weighted by molar-refractivity contribution is 7.98. The number of nitrogens with one attached hydrogen (secondary N) is 1. The molecule has 0 radical (unpaired) electrons. The minimum absolute atomic E-state index is 0.0676. The van der Waals surface area contributed by atoms with Crippen LogP contribution in [0.5, 0.6) is 5.75 Å². The van der Waals surface area contributed by atoms with Gasteiger partial charge < -0.3 is 4.74 Å². The van der Waals surface area contributed by atoms with E-state index in [9.17, 15) is 13.2 Å². The normalized spacial score (nSPS) is 15.1. The molecule has 0 aliphatic carbocycles. The van der Waals surface area contributed by atoms with Crippen molar-refractivity contribution in [3.05, 3.63) is 29.8 Å². The molecule has 0 amide bonds. The molecule has 0 fully saturated rings. The zero-order valence-corrected chi connectivity index (χ0v) is 11.5. The Bertz CT molecular complexity index is 401. The van der Waals surface area contributed by atoms with Gasteiger partial charge >= 0.3 is 6.36 Å². The molecule has 7 heteroatoms. The second kappa shape index (κ2) is 7.02. The van der Waals surface area contributed by atoms with E-state index in [2.05, 4.69) is 10.2 Å². The van der Waals surface area contributed by atoms with E-state index in [1.807, 2.05) is 13.2 Å². The van der Waals surface area contributed by atoms with Crippen molar-refractivity contribution in [1.29, 1.82) is 0 Å². The number of hydrogen-bond acceptors (Lipinski definition) is 4.